The quantitative estimate of drug-likeness (QED) is 0.877. The first-order valence-corrected chi connectivity index (χ1v) is 9.03. The summed E-state index contributed by atoms with van der Waals surface area (Å²) in [6, 6.07) is 8.68. The van der Waals surface area contributed by atoms with Crippen molar-refractivity contribution in [3.8, 4) is 0 Å². The zero-order valence-corrected chi connectivity index (χ0v) is 14.2. The van der Waals surface area contributed by atoms with Gasteiger partial charge in [-0.15, -0.1) is 0 Å². The monoisotopic (exact) mass is 337 g/mol. The van der Waals surface area contributed by atoms with Crippen LogP contribution in [0.2, 0.25) is 0 Å². The molecule has 2 heterocycles. The van der Waals surface area contributed by atoms with Gasteiger partial charge in [-0.2, -0.15) is 0 Å². The van der Waals surface area contributed by atoms with Gasteiger partial charge in [0.2, 0.25) is 5.95 Å². The second kappa shape index (κ2) is 7.09. The van der Waals surface area contributed by atoms with Gasteiger partial charge in [0.15, 0.2) is 0 Å². The van der Waals surface area contributed by atoms with Gasteiger partial charge in [0, 0.05) is 42.9 Å². The molecule has 0 unspecified atom stereocenters. The number of rotatable bonds is 5. The molecule has 2 aliphatic rings. The Labute approximate surface area is 147 Å². The number of hydrogen-bond donors (Lipinski definition) is 2. The van der Waals surface area contributed by atoms with E-state index in [2.05, 4.69) is 37.6 Å². The van der Waals surface area contributed by atoms with Crippen LogP contribution in [0.25, 0.3) is 0 Å². The van der Waals surface area contributed by atoms with E-state index in [4.69, 9.17) is 0 Å². The number of aromatic nitrogens is 2. The van der Waals surface area contributed by atoms with Gasteiger partial charge >= 0.3 is 0 Å². The lowest BCUT2D eigenvalue weighted by Gasteiger charge is -2.28. The van der Waals surface area contributed by atoms with Crippen LogP contribution in [0.15, 0.2) is 36.7 Å². The summed E-state index contributed by atoms with van der Waals surface area (Å²) in [5.74, 6) is 0.397. The van der Waals surface area contributed by atoms with Crippen LogP contribution in [-0.2, 0) is 0 Å². The van der Waals surface area contributed by atoms with Gasteiger partial charge in [0.05, 0.1) is 5.56 Å². The largest absolute Gasteiger partial charge is 0.372 e. The fraction of sp³-hybridized carbons (Fsp3) is 0.421. The highest BCUT2D eigenvalue weighted by Gasteiger charge is 2.24. The molecule has 2 fully saturated rings. The third-order valence-corrected chi connectivity index (χ3v) is 4.67. The first-order chi connectivity index (χ1) is 12.3. The van der Waals surface area contributed by atoms with Gasteiger partial charge in [-0.3, -0.25) is 4.79 Å². The van der Waals surface area contributed by atoms with Crippen molar-refractivity contribution in [2.45, 2.75) is 38.1 Å². The van der Waals surface area contributed by atoms with E-state index in [1.807, 2.05) is 12.1 Å². The Morgan fingerprint density at radius 1 is 1.00 bits per heavy atom. The summed E-state index contributed by atoms with van der Waals surface area (Å²) in [5, 5.41) is 6.11. The zero-order valence-electron chi connectivity index (χ0n) is 14.2. The molecule has 1 aromatic carbocycles. The number of hydrogen-bond acceptors (Lipinski definition) is 5. The minimum atomic E-state index is -0.0973. The highest BCUT2D eigenvalue weighted by atomic mass is 16.1. The lowest BCUT2D eigenvalue weighted by atomic mass is 10.1. The number of anilines is 3. The van der Waals surface area contributed by atoms with Crippen LogP contribution in [0.5, 0.6) is 0 Å². The van der Waals surface area contributed by atoms with E-state index in [9.17, 15) is 4.79 Å². The first kappa shape index (κ1) is 15.9. The molecular weight excluding hydrogens is 314 g/mol. The Bertz CT molecular complexity index is 718. The van der Waals surface area contributed by atoms with Crippen LogP contribution in [0.3, 0.4) is 0 Å². The number of amides is 1. The summed E-state index contributed by atoms with van der Waals surface area (Å²) in [6.07, 6.45) is 9.15. The van der Waals surface area contributed by atoms with Crippen molar-refractivity contribution in [3.05, 3.63) is 42.2 Å². The molecule has 0 radical (unpaired) electrons. The van der Waals surface area contributed by atoms with Gasteiger partial charge in [-0.1, -0.05) is 0 Å². The lowest BCUT2D eigenvalue weighted by Crippen LogP contribution is -2.29. The Kier molecular flexibility index (Phi) is 4.50. The van der Waals surface area contributed by atoms with Crippen molar-refractivity contribution >= 4 is 23.2 Å². The average molecular weight is 337 g/mol. The van der Waals surface area contributed by atoms with Crippen LogP contribution >= 0.6 is 0 Å². The molecule has 6 heteroatoms. The highest BCUT2D eigenvalue weighted by Crippen LogP contribution is 2.23. The summed E-state index contributed by atoms with van der Waals surface area (Å²) in [6.45, 7) is 2.28. The fourth-order valence-corrected chi connectivity index (χ4v) is 3.04. The summed E-state index contributed by atoms with van der Waals surface area (Å²) in [4.78, 5) is 22.8. The Balaban J connectivity index is 1.37. The Hall–Kier alpha value is -2.63. The molecule has 1 aliphatic carbocycles. The molecule has 1 aliphatic heterocycles. The van der Waals surface area contributed by atoms with Gasteiger partial charge < -0.3 is 15.5 Å². The minimum Gasteiger partial charge on any atom is -0.372 e. The molecule has 6 nitrogen and oxygen atoms in total. The molecule has 2 N–H and O–H groups in total. The first-order valence-electron chi connectivity index (χ1n) is 9.03. The molecule has 0 spiro atoms. The van der Waals surface area contributed by atoms with E-state index < -0.39 is 0 Å². The van der Waals surface area contributed by atoms with Crippen molar-refractivity contribution in [3.63, 3.8) is 0 Å². The standard InChI is InChI=1S/C19H23N5O/c25-18(22-15-4-5-15)14-12-20-19(21-13-14)23-16-6-8-17(9-7-16)24-10-2-1-3-11-24/h6-9,12-13,15H,1-5,10-11H2,(H,22,25)(H,20,21,23). The van der Waals surface area contributed by atoms with E-state index in [1.165, 1.54) is 24.9 Å². The summed E-state index contributed by atoms with van der Waals surface area (Å²) in [7, 11) is 0. The molecule has 4 rings (SSSR count). The van der Waals surface area contributed by atoms with Crippen LogP contribution in [0.4, 0.5) is 17.3 Å². The van der Waals surface area contributed by atoms with Crippen molar-refractivity contribution < 1.29 is 4.79 Å². The van der Waals surface area contributed by atoms with E-state index in [0.717, 1.165) is 31.6 Å². The van der Waals surface area contributed by atoms with Crippen molar-refractivity contribution in [1.29, 1.82) is 0 Å². The molecule has 1 saturated carbocycles. The zero-order chi connectivity index (χ0) is 17.1. The topological polar surface area (TPSA) is 70.2 Å². The van der Waals surface area contributed by atoms with Crippen LogP contribution < -0.4 is 15.5 Å². The smallest absolute Gasteiger partial charge is 0.254 e. The van der Waals surface area contributed by atoms with E-state index in [-0.39, 0.29) is 5.91 Å². The molecule has 1 amide bonds. The van der Waals surface area contributed by atoms with E-state index in [0.29, 0.717) is 17.6 Å². The summed E-state index contributed by atoms with van der Waals surface area (Å²) >= 11 is 0. The second-order valence-electron chi connectivity index (χ2n) is 6.76. The molecule has 0 bridgehead atoms. The van der Waals surface area contributed by atoms with Crippen molar-refractivity contribution in [2.24, 2.45) is 0 Å². The maximum Gasteiger partial charge on any atom is 0.254 e. The molecule has 25 heavy (non-hydrogen) atoms. The summed E-state index contributed by atoms with van der Waals surface area (Å²) < 4.78 is 0. The third kappa shape index (κ3) is 4.07. The van der Waals surface area contributed by atoms with Crippen LogP contribution in [0, 0.1) is 0 Å². The van der Waals surface area contributed by atoms with Crippen molar-refractivity contribution in [1.82, 2.24) is 15.3 Å². The Morgan fingerprint density at radius 3 is 2.32 bits per heavy atom. The predicted molar refractivity (Wildman–Crippen MR) is 98.3 cm³/mol. The maximum absolute atomic E-state index is 11.9. The molecule has 2 aromatic rings. The number of carbonyl (C=O) groups excluding carboxylic acids is 1. The molecule has 0 atom stereocenters. The van der Waals surface area contributed by atoms with Crippen LogP contribution in [-0.4, -0.2) is 35.0 Å². The number of nitrogens with zero attached hydrogens (tertiary/aromatic N) is 3. The maximum atomic E-state index is 11.9. The minimum absolute atomic E-state index is 0.0973. The third-order valence-electron chi connectivity index (χ3n) is 4.67. The summed E-state index contributed by atoms with van der Waals surface area (Å²) in [5.41, 5.74) is 2.70. The number of piperidine rings is 1. The molecule has 1 saturated heterocycles. The van der Waals surface area contributed by atoms with Gasteiger partial charge in [0.1, 0.15) is 0 Å². The SMILES string of the molecule is O=C(NC1CC1)c1cnc(Nc2ccc(N3CCCCC3)cc2)nc1. The number of nitrogens with one attached hydrogen (secondary N) is 2. The normalized spacial score (nSPS) is 17.2. The number of carbonyl (C=O) groups is 1. The predicted octanol–water partition coefficient (Wildman–Crippen LogP) is 3.10. The van der Waals surface area contributed by atoms with E-state index in [1.54, 1.807) is 12.4 Å². The van der Waals surface area contributed by atoms with Crippen molar-refractivity contribution in [2.75, 3.05) is 23.3 Å². The average Bonchev–Trinajstić information content (AvgIpc) is 3.48. The lowest BCUT2D eigenvalue weighted by molar-refractivity contribution is 0.0950. The number of benzene rings is 1. The van der Waals surface area contributed by atoms with Crippen LogP contribution in [0.1, 0.15) is 42.5 Å². The van der Waals surface area contributed by atoms with E-state index >= 15 is 0 Å². The fourth-order valence-electron chi connectivity index (χ4n) is 3.04. The Morgan fingerprint density at radius 2 is 1.68 bits per heavy atom. The molecule has 1 aromatic heterocycles. The second-order valence-corrected chi connectivity index (χ2v) is 6.76. The molecule has 130 valence electrons. The molecular formula is C19H23N5O. The highest BCUT2D eigenvalue weighted by molar-refractivity contribution is 5.94. The van der Waals surface area contributed by atoms with Gasteiger partial charge in [0.25, 0.3) is 5.91 Å². The van der Waals surface area contributed by atoms with Gasteiger partial charge in [-0.05, 0) is 56.4 Å². The van der Waals surface area contributed by atoms with Gasteiger partial charge in [-0.25, -0.2) is 9.97 Å².